The average Bonchev–Trinajstić information content (AvgIpc) is 2.58. The van der Waals surface area contributed by atoms with E-state index in [0.717, 1.165) is 37.9 Å². The van der Waals surface area contributed by atoms with Gasteiger partial charge in [-0.2, -0.15) is 0 Å². The topological polar surface area (TPSA) is 75.4 Å². The van der Waals surface area contributed by atoms with Gasteiger partial charge in [0.1, 0.15) is 0 Å². The molecule has 5 heteroatoms. The zero-order valence-electron chi connectivity index (χ0n) is 13.8. The Balaban J connectivity index is 1.98. The van der Waals surface area contributed by atoms with E-state index in [0.29, 0.717) is 12.3 Å². The molecule has 1 atom stereocenters. The quantitative estimate of drug-likeness (QED) is 0.806. The Morgan fingerprint density at radius 2 is 1.91 bits per heavy atom. The number of primary amides is 1. The van der Waals surface area contributed by atoms with Crippen LogP contribution in [-0.4, -0.2) is 36.3 Å². The average molecular weight is 317 g/mol. The van der Waals surface area contributed by atoms with Gasteiger partial charge >= 0.3 is 0 Å². The van der Waals surface area contributed by atoms with Crippen LogP contribution in [0.2, 0.25) is 0 Å². The third-order valence-electron chi connectivity index (χ3n) is 4.62. The van der Waals surface area contributed by atoms with Crippen molar-refractivity contribution >= 4 is 11.8 Å². The van der Waals surface area contributed by atoms with E-state index in [-0.39, 0.29) is 18.5 Å². The summed E-state index contributed by atoms with van der Waals surface area (Å²) in [6.45, 7) is 3.98. The summed E-state index contributed by atoms with van der Waals surface area (Å²) in [5, 5.41) is 3.33. The van der Waals surface area contributed by atoms with Crippen molar-refractivity contribution in [2.45, 2.75) is 38.6 Å². The number of benzene rings is 1. The number of amides is 2. The summed E-state index contributed by atoms with van der Waals surface area (Å²) in [7, 11) is 0. The molecule has 0 saturated carbocycles. The van der Waals surface area contributed by atoms with Crippen LogP contribution in [0.4, 0.5) is 0 Å². The van der Waals surface area contributed by atoms with Crippen molar-refractivity contribution in [3.8, 4) is 0 Å². The van der Waals surface area contributed by atoms with Crippen LogP contribution in [0.3, 0.4) is 0 Å². The highest BCUT2D eigenvalue weighted by molar-refractivity contribution is 5.84. The number of piperidine rings is 1. The van der Waals surface area contributed by atoms with Gasteiger partial charge in [0, 0.05) is 6.42 Å². The summed E-state index contributed by atoms with van der Waals surface area (Å²) in [4.78, 5) is 25.6. The molecule has 3 N–H and O–H groups in total. The van der Waals surface area contributed by atoms with Crippen LogP contribution in [-0.2, 0) is 9.59 Å². The van der Waals surface area contributed by atoms with Crippen molar-refractivity contribution in [1.82, 2.24) is 10.2 Å². The second-order valence-corrected chi connectivity index (χ2v) is 6.31. The van der Waals surface area contributed by atoms with Gasteiger partial charge in [-0.25, -0.2) is 0 Å². The van der Waals surface area contributed by atoms with E-state index in [4.69, 9.17) is 5.73 Å². The van der Waals surface area contributed by atoms with Gasteiger partial charge < -0.3 is 16.0 Å². The van der Waals surface area contributed by atoms with Gasteiger partial charge in [-0.15, -0.1) is 0 Å². The Morgan fingerprint density at radius 3 is 2.52 bits per heavy atom. The Labute approximate surface area is 138 Å². The number of nitrogens with one attached hydrogen (secondary N) is 1. The fourth-order valence-corrected chi connectivity index (χ4v) is 3.16. The lowest BCUT2D eigenvalue weighted by molar-refractivity contribution is -0.137. The van der Waals surface area contributed by atoms with Gasteiger partial charge in [0.15, 0.2) is 0 Å². The van der Waals surface area contributed by atoms with E-state index < -0.39 is 5.91 Å². The fraction of sp³-hybridized carbons (Fsp3) is 0.556. The van der Waals surface area contributed by atoms with E-state index in [2.05, 4.69) is 5.32 Å². The lowest BCUT2D eigenvalue weighted by Crippen LogP contribution is -2.40. The van der Waals surface area contributed by atoms with Gasteiger partial charge in [0.25, 0.3) is 0 Å². The highest BCUT2D eigenvalue weighted by Gasteiger charge is 2.24. The molecule has 2 amide bonds. The standard InChI is InChI=1S/C18H27N3O2/c1-14(16-5-3-2-4-6-16)21(13-17(19)22)18(23)8-7-15-9-11-20-12-10-15/h2-6,14-15,20H,7-13H2,1H3,(H2,19,22)/t14-/m1/s1. The molecule has 0 radical (unpaired) electrons. The molecule has 0 spiro atoms. The predicted octanol–water partition coefficient (Wildman–Crippen LogP) is 1.84. The molecule has 23 heavy (non-hydrogen) atoms. The van der Waals surface area contributed by atoms with Crippen LogP contribution in [0.15, 0.2) is 30.3 Å². The maximum Gasteiger partial charge on any atom is 0.237 e. The molecule has 1 aliphatic rings. The number of hydrogen-bond acceptors (Lipinski definition) is 3. The van der Waals surface area contributed by atoms with Crippen molar-refractivity contribution in [1.29, 1.82) is 0 Å². The molecular weight excluding hydrogens is 290 g/mol. The lowest BCUT2D eigenvalue weighted by Gasteiger charge is -2.30. The fourth-order valence-electron chi connectivity index (χ4n) is 3.16. The monoisotopic (exact) mass is 317 g/mol. The Morgan fingerprint density at radius 1 is 1.26 bits per heavy atom. The molecule has 126 valence electrons. The van der Waals surface area contributed by atoms with E-state index in [1.807, 2.05) is 37.3 Å². The summed E-state index contributed by atoms with van der Waals surface area (Å²) >= 11 is 0. The highest BCUT2D eigenvalue weighted by Crippen LogP contribution is 2.23. The van der Waals surface area contributed by atoms with Crippen molar-refractivity contribution in [3.63, 3.8) is 0 Å². The van der Waals surface area contributed by atoms with E-state index in [1.165, 1.54) is 0 Å². The third-order valence-corrected chi connectivity index (χ3v) is 4.62. The van der Waals surface area contributed by atoms with Crippen LogP contribution in [0.25, 0.3) is 0 Å². The van der Waals surface area contributed by atoms with Gasteiger partial charge in [-0.1, -0.05) is 30.3 Å². The molecule has 1 aliphatic heterocycles. The van der Waals surface area contributed by atoms with Crippen LogP contribution in [0.5, 0.6) is 0 Å². The molecule has 1 aromatic rings. The molecule has 2 rings (SSSR count). The van der Waals surface area contributed by atoms with Crippen molar-refractivity contribution in [3.05, 3.63) is 35.9 Å². The predicted molar refractivity (Wildman–Crippen MR) is 90.6 cm³/mol. The number of nitrogens with zero attached hydrogens (tertiary/aromatic N) is 1. The van der Waals surface area contributed by atoms with Crippen molar-refractivity contribution in [2.75, 3.05) is 19.6 Å². The first-order chi connectivity index (χ1) is 11.1. The molecule has 0 aromatic heterocycles. The SMILES string of the molecule is C[C@H](c1ccccc1)N(CC(N)=O)C(=O)CCC1CCNCC1. The van der Waals surface area contributed by atoms with Crippen LogP contribution >= 0.6 is 0 Å². The van der Waals surface area contributed by atoms with E-state index >= 15 is 0 Å². The van der Waals surface area contributed by atoms with Crippen LogP contribution in [0.1, 0.15) is 44.2 Å². The second kappa shape index (κ2) is 8.67. The zero-order valence-corrected chi connectivity index (χ0v) is 13.8. The first-order valence-corrected chi connectivity index (χ1v) is 8.41. The molecule has 5 nitrogen and oxygen atoms in total. The summed E-state index contributed by atoms with van der Waals surface area (Å²) in [5.41, 5.74) is 6.36. The lowest BCUT2D eigenvalue weighted by atomic mass is 9.93. The first kappa shape index (κ1) is 17.5. The Hall–Kier alpha value is -1.88. The molecule has 1 fully saturated rings. The second-order valence-electron chi connectivity index (χ2n) is 6.31. The minimum absolute atomic E-state index is 0.0127. The van der Waals surface area contributed by atoms with Crippen LogP contribution < -0.4 is 11.1 Å². The summed E-state index contributed by atoms with van der Waals surface area (Å²) in [6.07, 6.45) is 3.61. The molecule has 0 bridgehead atoms. The Kier molecular flexibility index (Phi) is 6.59. The minimum atomic E-state index is -0.469. The van der Waals surface area contributed by atoms with E-state index in [1.54, 1.807) is 4.90 Å². The molecule has 1 aromatic carbocycles. The van der Waals surface area contributed by atoms with Crippen molar-refractivity contribution < 1.29 is 9.59 Å². The maximum absolute atomic E-state index is 12.6. The number of carbonyl (C=O) groups is 2. The largest absolute Gasteiger partial charge is 0.368 e. The molecule has 0 aliphatic carbocycles. The summed E-state index contributed by atoms with van der Waals surface area (Å²) in [5.74, 6) is 0.143. The van der Waals surface area contributed by atoms with Gasteiger partial charge in [0.05, 0.1) is 12.6 Å². The molecular formula is C18H27N3O2. The number of rotatable bonds is 7. The molecule has 0 unspecified atom stereocenters. The normalized spacial score (nSPS) is 16.7. The summed E-state index contributed by atoms with van der Waals surface area (Å²) < 4.78 is 0. The minimum Gasteiger partial charge on any atom is -0.368 e. The molecule has 1 saturated heterocycles. The number of nitrogens with two attached hydrogens (primary N) is 1. The van der Waals surface area contributed by atoms with Crippen molar-refractivity contribution in [2.24, 2.45) is 11.7 Å². The smallest absolute Gasteiger partial charge is 0.237 e. The first-order valence-electron chi connectivity index (χ1n) is 8.41. The van der Waals surface area contributed by atoms with Gasteiger partial charge in [-0.05, 0) is 50.8 Å². The third kappa shape index (κ3) is 5.36. The molecule has 1 heterocycles. The highest BCUT2D eigenvalue weighted by atomic mass is 16.2. The van der Waals surface area contributed by atoms with E-state index in [9.17, 15) is 9.59 Å². The maximum atomic E-state index is 12.6. The van der Waals surface area contributed by atoms with Crippen LogP contribution in [0, 0.1) is 5.92 Å². The number of hydrogen-bond donors (Lipinski definition) is 2. The zero-order chi connectivity index (χ0) is 16.7. The van der Waals surface area contributed by atoms with Gasteiger partial charge in [-0.3, -0.25) is 9.59 Å². The van der Waals surface area contributed by atoms with Gasteiger partial charge in [0.2, 0.25) is 11.8 Å². The summed E-state index contributed by atoms with van der Waals surface area (Å²) in [6, 6.07) is 9.61. The number of carbonyl (C=O) groups excluding carboxylic acids is 2. The Bertz CT molecular complexity index is 512.